The van der Waals surface area contributed by atoms with Gasteiger partial charge in [-0.1, -0.05) is 6.92 Å². The predicted octanol–water partition coefficient (Wildman–Crippen LogP) is 0.417. The molecule has 112 valence electrons. The summed E-state index contributed by atoms with van der Waals surface area (Å²) in [5.74, 6) is -0.249. The molecule has 1 unspecified atom stereocenters. The van der Waals surface area contributed by atoms with E-state index < -0.39 is 0 Å². The van der Waals surface area contributed by atoms with Crippen LogP contribution in [0.3, 0.4) is 0 Å². The molecule has 20 heavy (non-hydrogen) atoms. The minimum absolute atomic E-state index is 0. The molecular weight excluding hydrogens is 300 g/mol. The number of nitrogens with two attached hydrogens (primary N) is 1. The molecule has 2 amide bonds. The third kappa shape index (κ3) is 3.47. The van der Waals surface area contributed by atoms with Crippen molar-refractivity contribution >= 4 is 35.6 Å². The van der Waals surface area contributed by atoms with Crippen LogP contribution in [0.1, 0.15) is 28.8 Å². The zero-order valence-electron chi connectivity index (χ0n) is 11.3. The molecule has 1 atom stereocenters. The molecule has 1 saturated heterocycles. The van der Waals surface area contributed by atoms with Crippen LogP contribution in [0.2, 0.25) is 0 Å². The Labute approximate surface area is 128 Å². The van der Waals surface area contributed by atoms with Gasteiger partial charge in [0.15, 0.2) is 0 Å². The highest BCUT2D eigenvalue weighted by molar-refractivity contribution is 7.09. The van der Waals surface area contributed by atoms with Crippen LogP contribution in [0.4, 0.5) is 0 Å². The van der Waals surface area contributed by atoms with E-state index in [0.717, 1.165) is 5.01 Å². The zero-order valence-corrected chi connectivity index (χ0v) is 12.9. The van der Waals surface area contributed by atoms with Crippen molar-refractivity contribution in [1.29, 1.82) is 0 Å². The van der Waals surface area contributed by atoms with E-state index in [-0.39, 0.29) is 30.3 Å². The van der Waals surface area contributed by atoms with Crippen molar-refractivity contribution in [2.24, 2.45) is 5.73 Å². The summed E-state index contributed by atoms with van der Waals surface area (Å²) < 4.78 is 0. The van der Waals surface area contributed by atoms with Crippen molar-refractivity contribution in [2.75, 3.05) is 19.6 Å². The molecule has 2 heterocycles. The quantitative estimate of drug-likeness (QED) is 0.842. The van der Waals surface area contributed by atoms with Gasteiger partial charge in [-0.05, 0) is 13.0 Å². The SMILES string of the molecule is CCC1C(=O)NCCN1C(=O)c1csc(CCN)n1.Cl. The number of carbonyl (C=O) groups excluding carboxylic acids is 2. The van der Waals surface area contributed by atoms with Gasteiger partial charge in [0.2, 0.25) is 5.91 Å². The van der Waals surface area contributed by atoms with Crippen LogP contribution in [0.5, 0.6) is 0 Å². The van der Waals surface area contributed by atoms with Crippen LogP contribution in [0.15, 0.2) is 5.38 Å². The van der Waals surface area contributed by atoms with Crippen molar-refractivity contribution in [1.82, 2.24) is 15.2 Å². The molecule has 0 bridgehead atoms. The van der Waals surface area contributed by atoms with Gasteiger partial charge < -0.3 is 16.0 Å². The number of hydrogen-bond acceptors (Lipinski definition) is 5. The Balaban J connectivity index is 0.00000200. The van der Waals surface area contributed by atoms with E-state index in [2.05, 4.69) is 10.3 Å². The highest BCUT2D eigenvalue weighted by Crippen LogP contribution is 2.16. The lowest BCUT2D eigenvalue weighted by atomic mass is 10.1. The Hall–Kier alpha value is -1.18. The molecular formula is C12H19ClN4O2S. The third-order valence-corrected chi connectivity index (χ3v) is 4.02. The number of hydrogen-bond donors (Lipinski definition) is 2. The summed E-state index contributed by atoms with van der Waals surface area (Å²) in [7, 11) is 0. The number of piperazine rings is 1. The predicted molar refractivity (Wildman–Crippen MR) is 80.2 cm³/mol. The molecule has 0 aliphatic carbocycles. The average Bonchev–Trinajstić information content (AvgIpc) is 2.86. The fraction of sp³-hybridized carbons (Fsp3) is 0.583. The van der Waals surface area contributed by atoms with E-state index in [9.17, 15) is 9.59 Å². The number of nitrogens with one attached hydrogen (secondary N) is 1. The summed E-state index contributed by atoms with van der Waals surface area (Å²) in [4.78, 5) is 30.0. The van der Waals surface area contributed by atoms with Gasteiger partial charge in [0.25, 0.3) is 5.91 Å². The molecule has 3 N–H and O–H groups in total. The standard InChI is InChI=1S/C12H18N4O2S.ClH/c1-2-9-11(17)14-5-6-16(9)12(18)8-7-19-10(15-8)3-4-13;/h7,9H,2-6,13H2,1H3,(H,14,17);1H. The number of nitrogens with zero attached hydrogens (tertiary/aromatic N) is 2. The second-order valence-electron chi connectivity index (χ2n) is 4.38. The van der Waals surface area contributed by atoms with Gasteiger partial charge in [-0.3, -0.25) is 9.59 Å². The maximum atomic E-state index is 12.4. The van der Waals surface area contributed by atoms with Gasteiger partial charge in [-0.25, -0.2) is 4.98 Å². The molecule has 8 heteroatoms. The van der Waals surface area contributed by atoms with Gasteiger partial charge in [0.1, 0.15) is 11.7 Å². The second kappa shape index (κ2) is 7.56. The number of aromatic nitrogens is 1. The largest absolute Gasteiger partial charge is 0.353 e. The first kappa shape index (κ1) is 16.9. The summed E-state index contributed by atoms with van der Waals surface area (Å²) >= 11 is 1.44. The van der Waals surface area contributed by atoms with Crippen molar-refractivity contribution in [3.63, 3.8) is 0 Å². The Morgan fingerprint density at radius 2 is 2.40 bits per heavy atom. The average molecular weight is 319 g/mol. The summed E-state index contributed by atoms with van der Waals surface area (Å²) in [6.45, 7) is 3.45. The Morgan fingerprint density at radius 3 is 3.05 bits per heavy atom. The van der Waals surface area contributed by atoms with E-state index in [1.807, 2.05) is 6.92 Å². The molecule has 1 aromatic rings. The summed E-state index contributed by atoms with van der Waals surface area (Å²) in [5.41, 5.74) is 5.89. The summed E-state index contributed by atoms with van der Waals surface area (Å²) in [6, 6.07) is -0.388. The van der Waals surface area contributed by atoms with Gasteiger partial charge >= 0.3 is 0 Å². The van der Waals surface area contributed by atoms with Crippen molar-refractivity contribution in [3.8, 4) is 0 Å². The van der Waals surface area contributed by atoms with Crippen LogP contribution in [0, 0.1) is 0 Å². The first-order valence-corrected chi connectivity index (χ1v) is 7.28. The number of thiazole rings is 1. The summed E-state index contributed by atoms with van der Waals surface area (Å²) in [6.07, 6.45) is 1.28. The van der Waals surface area contributed by atoms with Crippen molar-refractivity contribution < 1.29 is 9.59 Å². The van der Waals surface area contributed by atoms with E-state index in [1.54, 1.807) is 10.3 Å². The number of amides is 2. The highest BCUT2D eigenvalue weighted by atomic mass is 35.5. The monoisotopic (exact) mass is 318 g/mol. The fourth-order valence-electron chi connectivity index (χ4n) is 2.16. The fourth-order valence-corrected chi connectivity index (χ4v) is 2.95. The smallest absolute Gasteiger partial charge is 0.274 e. The van der Waals surface area contributed by atoms with Crippen LogP contribution >= 0.6 is 23.7 Å². The molecule has 1 fully saturated rings. The lowest BCUT2D eigenvalue weighted by molar-refractivity contribution is -0.127. The van der Waals surface area contributed by atoms with E-state index in [4.69, 9.17) is 5.73 Å². The maximum Gasteiger partial charge on any atom is 0.274 e. The number of carbonyl (C=O) groups is 2. The minimum Gasteiger partial charge on any atom is -0.353 e. The lowest BCUT2D eigenvalue weighted by Crippen LogP contribution is -2.56. The van der Waals surface area contributed by atoms with E-state index in [1.165, 1.54) is 11.3 Å². The van der Waals surface area contributed by atoms with Gasteiger partial charge in [-0.15, -0.1) is 23.7 Å². The zero-order chi connectivity index (χ0) is 13.8. The summed E-state index contributed by atoms with van der Waals surface area (Å²) in [5, 5.41) is 5.38. The first-order valence-electron chi connectivity index (χ1n) is 6.40. The first-order chi connectivity index (χ1) is 9.17. The van der Waals surface area contributed by atoms with Crippen LogP contribution in [0.25, 0.3) is 0 Å². The van der Waals surface area contributed by atoms with Gasteiger partial charge in [0.05, 0.1) is 5.01 Å². The van der Waals surface area contributed by atoms with Crippen LogP contribution < -0.4 is 11.1 Å². The highest BCUT2D eigenvalue weighted by Gasteiger charge is 2.32. The number of halogens is 1. The molecule has 1 aromatic heterocycles. The molecule has 0 saturated carbocycles. The lowest BCUT2D eigenvalue weighted by Gasteiger charge is -2.34. The van der Waals surface area contributed by atoms with Gasteiger partial charge in [-0.2, -0.15) is 0 Å². The molecule has 0 spiro atoms. The molecule has 0 radical (unpaired) electrons. The van der Waals surface area contributed by atoms with Crippen molar-refractivity contribution in [2.45, 2.75) is 25.8 Å². The van der Waals surface area contributed by atoms with Gasteiger partial charge in [0, 0.05) is 24.9 Å². The molecule has 2 rings (SSSR count). The molecule has 0 aromatic carbocycles. The van der Waals surface area contributed by atoms with Crippen LogP contribution in [-0.4, -0.2) is 47.4 Å². The second-order valence-corrected chi connectivity index (χ2v) is 5.32. The van der Waals surface area contributed by atoms with E-state index >= 15 is 0 Å². The molecule has 6 nitrogen and oxygen atoms in total. The Kier molecular flexibility index (Phi) is 6.38. The maximum absolute atomic E-state index is 12.4. The normalized spacial score (nSPS) is 18.4. The molecule has 1 aliphatic heterocycles. The van der Waals surface area contributed by atoms with E-state index in [0.29, 0.717) is 38.2 Å². The topological polar surface area (TPSA) is 88.3 Å². The number of rotatable bonds is 4. The molecule has 1 aliphatic rings. The van der Waals surface area contributed by atoms with Crippen LogP contribution in [-0.2, 0) is 11.2 Å². The third-order valence-electron chi connectivity index (χ3n) is 3.11. The van der Waals surface area contributed by atoms with Crippen molar-refractivity contribution in [3.05, 3.63) is 16.1 Å². The minimum atomic E-state index is -0.388. The Morgan fingerprint density at radius 1 is 1.65 bits per heavy atom. The Bertz CT molecular complexity index is 480.